The summed E-state index contributed by atoms with van der Waals surface area (Å²) in [6, 6.07) is 5.08. The SMILES string of the molecule is C#CCCOc1ccc(C(C)=O)cc1OC. The molecule has 0 aromatic heterocycles. The molecule has 0 atom stereocenters. The number of benzene rings is 1. The Labute approximate surface area is 95.4 Å². The first kappa shape index (κ1) is 12.1. The number of carbonyl (C=O) groups is 1. The predicted molar refractivity (Wildman–Crippen MR) is 61.9 cm³/mol. The maximum absolute atomic E-state index is 11.2. The molecule has 0 aliphatic carbocycles. The van der Waals surface area contributed by atoms with Gasteiger partial charge in [0.25, 0.3) is 0 Å². The molecule has 0 unspecified atom stereocenters. The lowest BCUT2D eigenvalue weighted by Gasteiger charge is -2.10. The third kappa shape index (κ3) is 3.03. The van der Waals surface area contributed by atoms with Crippen molar-refractivity contribution in [3.05, 3.63) is 23.8 Å². The summed E-state index contributed by atoms with van der Waals surface area (Å²) in [5.41, 5.74) is 0.598. The van der Waals surface area contributed by atoms with Gasteiger partial charge in [-0.05, 0) is 25.1 Å². The van der Waals surface area contributed by atoms with Crippen LogP contribution in [0, 0.1) is 12.3 Å². The smallest absolute Gasteiger partial charge is 0.161 e. The maximum atomic E-state index is 11.2. The van der Waals surface area contributed by atoms with Crippen LogP contribution in [0.25, 0.3) is 0 Å². The second-order valence-electron chi connectivity index (χ2n) is 3.22. The van der Waals surface area contributed by atoms with Crippen molar-refractivity contribution < 1.29 is 14.3 Å². The Morgan fingerprint density at radius 1 is 1.44 bits per heavy atom. The molecular weight excluding hydrogens is 204 g/mol. The Hall–Kier alpha value is -1.95. The van der Waals surface area contributed by atoms with Crippen molar-refractivity contribution in [3.63, 3.8) is 0 Å². The molecule has 0 spiro atoms. The quantitative estimate of drug-likeness (QED) is 0.432. The number of carbonyl (C=O) groups excluding carboxylic acids is 1. The molecule has 1 rings (SSSR count). The molecule has 0 heterocycles. The van der Waals surface area contributed by atoms with Gasteiger partial charge in [-0.25, -0.2) is 0 Å². The van der Waals surface area contributed by atoms with Crippen LogP contribution in [0.3, 0.4) is 0 Å². The van der Waals surface area contributed by atoms with Gasteiger partial charge in [-0.1, -0.05) is 0 Å². The Morgan fingerprint density at radius 3 is 2.75 bits per heavy atom. The van der Waals surface area contributed by atoms with E-state index in [4.69, 9.17) is 15.9 Å². The topological polar surface area (TPSA) is 35.5 Å². The summed E-state index contributed by atoms with van der Waals surface area (Å²) in [4.78, 5) is 11.2. The minimum absolute atomic E-state index is 0.00604. The van der Waals surface area contributed by atoms with Gasteiger partial charge in [0.2, 0.25) is 0 Å². The summed E-state index contributed by atoms with van der Waals surface area (Å²) < 4.78 is 10.6. The molecule has 0 saturated carbocycles. The molecule has 3 nitrogen and oxygen atoms in total. The van der Waals surface area contributed by atoms with Gasteiger partial charge in [0, 0.05) is 12.0 Å². The van der Waals surface area contributed by atoms with Crippen molar-refractivity contribution in [2.75, 3.05) is 13.7 Å². The van der Waals surface area contributed by atoms with Crippen LogP contribution in [0.2, 0.25) is 0 Å². The van der Waals surface area contributed by atoms with Gasteiger partial charge in [-0.2, -0.15) is 0 Å². The van der Waals surface area contributed by atoms with Crippen LogP contribution >= 0.6 is 0 Å². The van der Waals surface area contributed by atoms with E-state index in [1.165, 1.54) is 14.0 Å². The number of terminal acetylenes is 1. The molecule has 0 amide bonds. The number of ether oxygens (including phenoxy) is 2. The number of rotatable bonds is 5. The van der Waals surface area contributed by atoms with E-state index < -0.39 is 0 Å². The van der Waals surface area contributed by atoms with E-state index in [2.05, 4.69) is 5.92 Å². The van der Waals surface area contributed by atoms with Gasteiger partial charge in [-0.3, -0.25) is 4.79 Å². The molecular formula is C13H14O3. The van der Waals surface area contributed by atoms with Crippen LogP contribution < -0.4 is 9.47 Å². The molecule has 0 bridgehead atoms. The van der Waals surface area contributed by atoms with Crippen LogP contribution in [0.5, 0.6) is 11.5 Å². The summed E-state index contributed by atoms with van der Waals surface area (Å²) in [7, 11) is 1.54. The molecule has 0 saturated heterocycles. The summed E-state index contributed by atoms with van der Waals surface area (Å²) in [5, 5.41) is 0. The van der Waals surface area contributed by atoms with E-state index in [0.29, 0.717) is 30.1 Å². The molecule has 0 aliphatic rings. The van der Waals surface area contributed by atoms with Gasteiger partial charge in [0.05, 0.1) is 13.7 Å². The zero-order valence-electron chi connectivity index (χ0n) is 9.45. The van der Waals surface area contributed by atoms with Crippen molar-refractivity contribution in [1.29, 1.82) is 0 Å². The Balaban J connectivity index is 2.85. The number of hydrogen-bond donors (Lipinski definition) is 0. The molecule has 3 heteroatoms. The first-order valence-corrected chi connectivity index (χ1v) is 4.94. The Bertz CT molecular complexity index is 416. The normalized spacial score (nSPS) is 9.31. The van der Waals surface area contributed by atoms with Crippen LogP contribution in [-0.2, 0) is 0 Å². The number of Topliss-reactive ketones (excluding diaryl/α,β-unsaturated/α-hetero) is 1. The molecule has 16 heavy (non-hydrogen) atoms. The largest absolute Gasteiger partial charge is 0.493 e. The van der Waals surface area contributed by atoms with Crippen molar-refractivity contribution in [3.8, 4) is 23.8 Å². The fraction of sp³-hybridized carbons (Fsp3) is 0.308. The zero-order valence-corrected chi connectivity index (χ0v) is 9.45. The average molecular weight is 218 g/mol. The number of ketones is 1. The molecule has 0 fully saturated rings. The monoisotopic (exact) mass is 218 g/mol. The van der Waals surface area contributed by atoms with Crippen molar-refractivity contribution >= 4 is 5.78 Å². The van der Waals surface area contributed by atoms with Crippen LogP contribution in [0.15, 0.2) is 18.2 Å². The van der Waals surface area contributed by atoms with Crippen LogP contribution in [0.1, 0.15) is 23.7 Å². The summed E-state index contributed by atoms with van der Waals surface area (Å²) in [5.74, 6) is 3.62. The number of methoxy groups -OCH3 is 1. The third-order valence-corrected chi connectivity index (χ3v) is 2.07. The van der Waals surface area contributed by atoms with Gasteiger partial charge in [-0.15, -0.1) is 12.3 Å². The van der Waals surface area contributed by atoms with Crippen LogP contribution in [-0.4, -0.2) is 19.5 Å². The average Bonchev–Trinajstić information content (AvgIpc) is 2.29. The van der Waals surface area contributed by atoms with Gasteiger partial charge in [0.15, 0.2) is 17.3 Å². The Morgan fingerprint density at radius 2 is 2.19 bits per heavy atom. The molecule has 0 aliphatic heterocycles. The lowest BCUT2D eigenvalue weighted by atomic mass is 10.1. The van der Waals surface area contributed by atoms with Gasteiger partial charge in [0.1, 0.15) is 0 Å². The maximum Gasteiger partial charge on any atom is 0.161 e. The third-order valence-electron chi connectivity index (χ3n) is 2.07. The highest BCUT2D eigenvalue weighted by Crippen LogP contribution is 2.28. The van der Waals surface area contributed by atoms with E-state index in [0.717, 1.165) is 0 Å². The minimum atomic E-state index is -0.00604. The minimum Gasteiger partial charge on any atom is -0.493 e. The van der Waals surface area contributed by atoms with E-state index in [1.807, 2.05) is 0 Å². The van der Waals surface area contributed by atoms with E-state index in [1.54, 1.807) is 18.2 Å². The molecule has 0 radical (unpaired) electrons. The summed E-state index contributed by atoms with van der Waals surface area (Å²) in [6.07, 6.45) is 5.66. The lowest BCUT2D eigenvalue weighted by Crippen LogP contribution is -2.00. The second-order valence-corrected chi connectivity index (χ2v) is 3.22. The molecule has 1 aromatic carbocycles. The van der Waals surface area contributed by atoms with E-state index in [-0.39, 0.29) is 5.78 Å². The highest BCUT2D eigenvalue weighted by molar-refractivity contribution is 5.94. The van der Waals surface area contributed by atoms with E-state index >= 15 is 0 Å². The van der Waals surface area contributed by atoms with Gasteiger partial charge < -0.3 is 9.47 Å². The number of hydrogen-bond acceptors (Lipinski definition) is 3. The molecule has 1 aromatic rings. The standard InChI is InChI=1S/C13H14O3/c1-4-5-8-16-12-7-6-11(10(2)14)9-13(12)15-3/h1,6-7,9H,5,8H2,2-3H3. The second kappa shape index (κ2) is 5.82. The summed E-state index contributed by atoms with van der Waals surface area (Å²) in [6.45, 7) is 1.94. The fourth-order valence-electron chi connectivity index (χ4n) is 1.23. The molecule has 0 N–H and O–H groups in total. The van der Waals surface area contributed by atoms with Crippen LogP contribution in [0.4, 0.5) is 0 Å². The van der Waals surface area contributed by atoms with Gasteiger partial charge >= 0.3 is 0 Å². The van der Waals surface area contributed by atoms with E-state index in [9.17, 15) is 4.79 Å². The van der Waals surface area contributed by atoms with Crippen molar-refractivity contribution in [2.24, 2.45) is 0 Å². The first-order valence-electron chi connectivity index (χ1n) is 4.94. The highest BCUT2D eigenvalue weighted by Gasteiger charge is 2.07. The molecule has 84 valence electrons. The highest BCUT2D eigenvalue weighted by atomic mass is 16.5. The zero-order chi connectivity index (χ0) is 12.0. The first-order chi connectivity index (χ1) is 7.69. The Kier molecular flexibility index (Phi) is 4.41. The van der Waals surface area contributed by atoms with Crippen molar-refractivity contribution in [1.82, 2.24) is 0 Å². The summed E-state index contributed by atoms with van der Waals surface area (Å²) >= 11 is 0. The fourth-order valence-corrected chi connectivity index (χ4v) is 1.23. The van der Waals surface area contributed by atoms with Crippen molar-refractivity contribution in [2.45, 2.75) is 13.3 Å². The lowest BCUT2D eigenvalue weighted by molar-refractivity contribution is 0.101. The predicted octanol–water partition coefficient (Wildman–Crippen LogP) is 2.30.